The van der Waals surface area contributed by atoms with Crippen LogP contribution in [0.25, 0.3) is 0 Å². The zero-order chi connectivity index (χ0) is 18.8. The fraction of sp³-hybridized carbons (Fsp3) is 0.364. The number of hydrogen-bond acceptors (Lipinski definition) is 4. The molecule has 3 fully saturated rings. The summed E-state index contributed by atoms with van der Waals surface area (Å²) in [5.41, 5.74) is 1.25. The van der Waals surface area contributed by atoms with Gasteiger partial charge in [0.1, 0.15) is 11.5 Å². The first-order valence-electron chi connectivity index (χ1n) is 9.50. The highest BCUT2D eigenvalue weighted by atomic mass is 16.5. The molecule has 5 heteroatoms. The molecule has 0 saturated carbocycles. The van der Waals surface area contributed by atoms with E-state index in [9.17, 15) is 9.59 Å². The van der Waals surface area contributed by atoms with E-state index in [0.29, 0.717) is 28.5 Å². The predicted octanol–water partition coefficient (Wildman–Crippen LogP) is 3.51. The fourth-order valence-corrected chi connectivity index (χ4v) is 3.97. The van der Waals surface area contributed by atoms with Crippen LogP contribution in [-0.2, 0) is 0 Å². The molecular weight excluding hydrogens is 340 g/mol. The number of nitrogens with zero attached hydrogens (tertiary/aromatic N) is 1. The van der Waals surface area contributed by atoms with E-state index in [1.165, 1.54) is 19.8 Å². The molecule has 1 N–H and O–H groups in total. The molecule has 140 valence electrons. The number of rotatable bonds is 5. The first-order valence-corrected chi connectivity index (χ1v) is 9.50. The van der Waals surface area contributed by atoms with Crippen LogP contribution in [0.15, 0.2) is 48.5 Å². The highest BCUT2D eigenvalue weighted by molar-refractivity contribution is 5.95. The molecule has 3 heterocycles. The van der Waals surface area contributed by atoms with Crippen molar-refractivity contribution in [3.05, 3.63) is 59.7 Å². The lowest BCUT2D eigenvalue weighted by atomic mass is 9.84. The van der Waals surface area contributed by atoms with Crippen LogP contribution < -0.4 is 10.1 Å². The molecule has 1 atom stereocenters. The third-order valence-electron chi connectivity index (χ3n) is 5.57. The average Bonchev–Trinajstić information content (AvgIpc) is 2.69. The lowest BCUT2D eigenvalue weighted by molar-refractivity contribution is 0.0620. The zero-order valence-corrected chi connectivity index (χ0v) is 15.5. The molecule has 0 aromatic heterocycles. The van der Waals surface area contributed by atoms with E-state index in [4.69, 9.17) is 4.74 Å². The number of nitrogens with one attached hydrogen (secondary N) is 1. The molecule has 3 aliphatic heterocycles. The van der Waals surface area contributed by atoms with E-state index < -0.39 is 0 Å². The van der Waals surface area contributed by atoms with Crippen LogP contribution in [0.5, 0.6) is 11.5 Å². The van der Waals surface area contributed by atoms with Gasteiger partial charge in [0.2, 0.25) is 0 Å². The zero-order valence-electron chi connectivity index (χ0n) is 15.5. The lowest BCUT2D eigenvalue weighted by Crippen LogP contribution is -2.57. The summed E-state index contributed by atoms with van der Waals surface area (Å²) in [7, 11) is 0. The number of piperidine rings is 3. The Kier molecular flexibility index (Phi) is 4.94. The van der Waals surface area contributed by atoms with Gasteiger partial charge in [-0.15, -0.1) is 0 Å². The summed E-state index contributed by atoms with van der Waals surface area (Å²) in [5, 5.41) is 3.20. The van der Waals surface area contributed by atoms with Crippen molar-refractivity contribution in [3.63, 3.8) is 0 Å². The van der Waals surface area contributed by atoms with Gasteiger partial charge in [-0.05, 0) is 75.2 Å². The van der Waals surface area contributed by atoms with Crippen molar-refractivity contribution in [2.75, 3.05) is 19.6 Å². The number of ketones is 1. The molecule has 2 aromatic rings. The Balaban J connectivity index is 1.39. The van der Waals surface area contributed by atoms with Crippen LogP contribution in [0.3, 0.4) is 0 Å². The van der Waals surface area contributed by atoms with Crippen molar-refractivity contribution < 1.29 is 14.3 Å². The van der Waals surface area contributed by atoms with Crippen molar-refractivity contribution >= 4 is 11.7 Å². The molecule has 0 unspecified atom stereocenters. The summed E-state index contributed by atoms with van der Waals surface area (Å²) in [6.07, 6.45) is 2.36. The minimum absolute atomic E-state index is 0.000195. The Morgan fingerprint density at radius 3 is 2.37 bits per heavy atom. The second-order valence-electron chi connectivity index (χ2n) is 7.43. The van der Waals surface area contributed by atoms with Crippen molar-refractivity contribution in [1.82, 2.24) is 10.2 Å². The Morgan fingerprint density at radius 2 is 1.74 bits per heavy atom. The Labute approximate surface area is 159 Å². The van der Waals surface area contributed by atoms with Crippen molar-refractivity contribution in [2.24, 2.45) is 5.92 Å². The van der Waals surface area contributed by atoms with Gasteiger partial charge in [-0.25, -0.2) is 0 Å². The van der Waals surface area contributed by atoms with Gasteiger partial charge in [0, 0.05) is 23.7 Å². The third-order valence-corrected chi connectivity index (χ3v) is 5.57. The maximum absolute atomic E-state index is 12.6. The fourth-order valence-electron chi connectivity index (χ4n) is 3.97. The van der Waals surface area contributed by atoms with Crippen LogP contribution in [0, 0.1) is 5.92 Å². The number of carbonyl (C=O) groups is 2. The van der Waals surface area contributed by atoms with Crippen LogP contribution >= 0.6 is 0 Å². The predicted molar refractivity (Wildman–Crippen MR) is 103 cm³/mol. The second-order valence-corrected chi connectivity index (χ2v) is 7.43. The van der Waals surface area contributed by atoms with E-state index in [2.05, 4.69) is 10.2 Å². The summed E-state index contributed by atoms with van der Waals surface area (Å²) in [5.74, 6) is 1.82. The molecule has 27 heavy (non-hydrogen) atoms. The minimum atomic E-state index is -0.0288. The quantitative estimate of drug-likeness (QED) is 0.825. The molecule has 2 bridgehead atoms. The molecule has 0 aliphatic carbocycles. The van der Waals surface area contributed by atoms with E-state index in [1.54, 1.807) is 48.5 Å². The summed E-state index contributed by atoms with van der Waals surface area (Å²) < 4.78 is 5.80. The summed E-state index contributed by atoms with van der Waals surface area (Å²) in [6.45, 7) is 4.81. The number of benzene rings is 2. The molecule has 1 amide bonds. The third kappa shape index (κ3) is 4.03. The Hall–Kier alpha value is -2.66. The maximum atomic E-state index is 12.6. The SMILES string of the molecule is CC(=O)c1cccc(Oc2ccc(C(=O)N[C@H]3CN4CCC3CC4)cc2)c1. The summed E-state index contributed by atoms with van der Waals surface area (Å²) in [6, 6.07) is 14.5. The van der Waals surface area contributed by atoms with Crippen LogP contribution in [-0.4, -0.2) is 42.3 Å². The van der Waals surface area contributed by atoms with E-state index >= 15 is 0 Å². The molecule has 5 rings (SSSR count). The molecule has 5 nitrogen and oxygen atoms in total. The monoisotopic (exact) mass is 364 g/mol. The van der Waals surface area contributed by atoms with Gasteiger partial charge in [-0.3, -0.25) is 9.59 Å². The van der Waals surface area contributed by atoms with E-state index in [1.807, 2.05) is 0 Å². The first-order chi connectivity index (χ1) is 13.1. The molecule has 3 aliphatic rings. The van der Waals surface area contributed by atoms with Crippen molar-refractivity contribution in [1.29, 1.82) is 0 Å². The van der Waals surface area contributed by atoms with Gasteiger partial charge in [0.15, 0.2) is 5.78 Å². The van der Waals surface area contributed by atoms with Gasteiger partial charge in [0.05, 0.1) is 0 Å². The van der Waals surface area contributed by atoms with Gasteiger partial charge in [-0.1, -0.05) is 12.1 Å². The highest BCUT2D eigenvalue weighted by Crippen LogP contribution is 2.28. The number of ether oxygens (including phenoxy) is 1. The molecule has 3 saturated heterocycles. The van der Waals surface area contributed by atoms with Crippen LogP contribution in [0.1, 0.15) is 40.5 Å². The van der Waals surface area contributed by atoms with Gasteiger partial charge < -0.3 is 15.0 Å². The first kappa shape index (κ1) is 17.7. The smallest absolute Gasteiger partial charge is 0.251 e. The number of carbonyl (C=O) groups excluding carboxylic acids is 2. The summed E-state index contributed by atoms with van der Waals surface area (Å²) in [4.78, 5) is 26.5. The number of fused-ring (bicyclic) bond motifs is 3. The second kappa shape index (κ2) is 7.53. The minimum Gasteiger partial charge on any atom is -0.457 e. The van der Waals surface area contributed by atoms with E-state index in [-0.39, 0.29) is 17.7 Å². The van der Waals surface area contributed by atoms with Gasteiger partial charge in [-0.2, -0.15) is 0 Å². The number of amides is 1. The molecule has 0 spiro atoms. The number of hydrogen-bond donors (Lipinski definition) is 1. The highest BCUT2D eigenvalue weighted by Gasteiger charge is 2.34. The Morgan fingerprint density at radius 1 is 1.00 bits per heavy atom. The topological polar surface area (TPSA) is 58.6 Å². The molecule has 2 aromatic carbocycles. The van der Waals surface area contributed by atoms with Gasteiger partial charge in [0.25, 0.3) is 5.91 Å². The Bertz CT molecular complexity index is 839. The molecule has 0 radical (unpaired) electrons. The average molecular weight is 364 g/mol. The lowest BCUT2D eigenvalue weighted by Gasteiger charge is -2.44. The normalized spacial score (nSPS) is 23.7. The summed E-state index contributed by atoms with van der Waals surface area (Å²) >= 11 is 0. The molecular formula is C22H24N2O3. The largest absolute Gasteiger partial charge is 0.457 e. The van der Waals surface area contributed by atoms with Gasteiger partial charge >= 0.3 is 0 Å². The maximum Gasteiger partial charge on any atom is 0.251 e. The van der Waals surface area contributed by atoms with Crippen molar-refractivity contribution in [2.45, 2.75) is 25.8 Å². The van der Waals surface area contributed by atoms with Crippen molar-refractivity contribution in [3.8, 4) is 11.5 Å². The van der Waals surface area contributed by atoms with Crippen LogP contribution in [0.2, 0.25) is 0 Å². The van der Waals surface area contributed by atoms with E-state index in [0.717, 1.165) is 19.6 Å². The van der Waals surface area contributed by atoms with Crippen LogP contribution in [0.4, 0.5) is 0 Å². The number of Topliss-reactive ketones (excluding diaryl/α,β-unsaturated/α-hetero) is 1. The standard InChI is InChI=1S/C22H24N2O3/c1-15(25)18-3-2-4-20(13-18)27-19-7-5-17(6-8-19)22(26)23-21-14-24-11-9-16(21)10-12-24/h2-8,13,16,21H,9-12,14H2,1H3,(H,23,26)/t21-/m0/s1.